The first-order valence-electron chi connectivity index (χ1n) is 5.91. The first-order valence-corrected chi connectivity index (χ1v) is 5.91. The van der Waals surface area contributed by atoms with Crippen LogP contribution < -0.4 is 10.5 Å². The van der Waals surface area contributed by atoms with Gasteiger partial charge in [0.1, 0.15) is 0 Å². The van der Waals surface area contributed by atoms with Gasteiger partial charge in [-0.3, -0.25) is 10.1 Å². The summed E-state index contributed by atoms with van der Waals surface area (Å²) in [7, 11) is 1.57. The zero-order valence-electron chi connectivity index (χ0n) is 11.3. The fourth-order valence-corrected chi connectivity index (χ4v) is 1.54. The second kappa shape index (κ2) is 7.29. The second-order valence-electron chi connectivity index (χ2n) is 4.13. The van der Waals surface area contributed by atoms with Gasteiger partial charge in [0.15, 0.2) is 11.6 Å². The summed E-state index contributed by atoms with van der Waals surface area (Å²) >= 11 is 0. The van der Waals surface area contributed by atoms with E-state index in [0.717, 1.165) is 0 Å². The average molecular weight is 283 g/mol. The third kappa shape index (κ3) is 4.09. The van der Waals surface area contributed by atoms with Gasteiger partial charge in [0.2, 0.25) is 0 Å². The van der Waals surface area contributed by atoms with E-state index in [2.05, 4.69) is 5.16 Å². The number of nitro groups is 1. The smallest absolute Gasteiger partial charge is 0.311 e. The maximum absolute atomic E-state index is 11.0. The molecule has 0 radical (unpaired) electrons. The summed E-state index contributed by atoms with van der Waals surface area (Å²) in [5, 5.41) is 22.4. The van der Waals surface area contributed by atoms with Gasteiger partial charge in [-0.25, -0.2) is 0 Å². The number of rotatable bonds is 7. The lowest BCUT2D eigenvalue weighted by atomic mass is 10.1. The molecule has 1 unspecified atom stereocenters. The Morgan fingerprint density at radius 3 is 2.85 bits per heavy atom. The number of ether oxygens (including phenoxy) is 2. The van der Waals surface area contributed by atoms with E-state index < -0.39 is 4.92 Å². The van der Waals surface area contributed by atoms with E-state index in [9.17, 15) is 10.1 Å². The van der Waals surface area contributed by atoms with Gasteiger partial charge < -0.3 is 20.4 Å². The van der Waals surface area contributed by atoms with Gasteiger partial charge in [-0.05, 0) is 19.1 Å². The topological polar surface area (TPSA) is 120 Å². The van der Waals surface area contributed by atoms with Crippen molar-refractivity contribution in [2.75, 3.05) is 13.7 Å². The van der Waals surface area contributed by atoms with E-state index in [-0.39, 0.29) is 28.9 Å². The van der Waals surface area contributed by atoms with Crippen molar-refractivity contribution in [3.63, 3.8) is 0 Å². The molecule has 0 fully saturated rings. The van der Waals surface area contributed by atoms with Crippen LogP contribution in [0.2, 0.25) is 0 Å². The summed E-state index contributed by atoms with van der Waals surface area (Å²) in [5.41, 5.74) is 5.41. The van der Waals surface area contributed by atoms with Gasteiger partial charge in [-0.1, -0.05) is 5.16 Å². The van der Waals surface area contributed by atoms with Crippen LogP contribution in [0, 0.1) is 10.1 Å². The summed E-state index contributed by atoms with van der Waals surface area (Å²) in [6.07, 6.45) is 0.374. The Hall–Kier alpha value is -2.35. The number of methoxy groups -OCH3 is 1. The molecule has 110 valence electrons. The summed E-state index contributed by atoms with van der Waals surface area (Å²) < 4.78 is 10.4. The van der Waals surface area contributed by atoms with E-state index in [1.807, 2.05) is 0 Å². The van der Waals surface area contributed by atoms with Crippen LogP contribution in [0.1, 0.15) is 18.9 Å². The predicted octanol–water partition coefficient (Wildman–Crippen LogP) is 1.49. The van der Waals surface area contributed by atoms with Crippen molar-refractivity contribution in [3.8, 4) is 5.75 Å². The SMILES string of the molecule is COCCC(C)Oc1ccc(/C(N)=N/O)cc1[N+](=O)[O-]. The Bertz CT molecular complexity index is 504. The van der Waals surface area contributed by atoms with Crippen LogP contribution in [0.15, 0.2) is 23.4 Å². The molecule has 1 aromatic carbocycles. The molecule has 0 bridgehead atoms. The van der Waals surface area contributed by atoms with Crippen LogP contribution in [0.25, 0.3) is 0 Å². The summed E-state index contributed by atoms with van der Waals surface area (Å²) in [5.74, 6) is -0.0693. The van der Waals surface area contributed by atoms with Gasteiger partial charge >= 0.3 is 5.69 Å². The van der Waals surface area contributed by atoms with E-state index in [1.165, 1.54) is 18.2 Å². The molecule has 0 aliphatic rings. The van der Waals surface area contributed by atoms with Crippen LogP contribution >= 0.6 is 0 Å². The molecule has 20 heavy (non-hydrogen) atoms. The highest BCUT2D eigenvalue weighted by molar-refractivity contribution is 5.97. The zero-order valence-corrected chi connectivity index (χ0v) is 11.3. The molecule has 0 amide bonds. The van der Waals surface area contributed by atoms with Crippen molar-refractivity contribution < 1.29 is 19.6 Å². The Kier molecular flexibility index (Phi) is 5.73. The van der Waals surface area contributed by atoms with Crippen molar-refractivity contribution >= 4 is 11.5 Å². The molecule has 0 aromatic heterocycles. The van der Waals surface area contributed by atoms with Gasteiger partial charge in [-0.15, -0.1) is 0 Å². The Balaban J connectivity index is 2.99. The quantitative estimate of drug-likeness (QED) is 0.257. The molecule has 0 aliphatic carbocycles. The van der Waals surface area contributed by atoms with Crippen LogP contribution in [-0.2, 0) is 4.74 Å². The Morgan fingerprint density at radius 1 is 1.60 bits per heavy atom. The van der Waals surface area contributed by atoms with Crippen molar-refractivity contribution in [1.29, 1.82) is 0 Å². The van der Waals surface area contributed by atoms with E-state index >= 15 is 0 Å². The zero-order chi connectivity index (χ0) is 15.1. The molecule has 1 atom stereocenters. The minimum absolute atomic E-state index is 0.132. The van der Waals surface area contributed by atoms with Crippen LogP contribution in [0.5, 0.6) is 5.75 Å². The lowest BCUT2D eigenvalue weighted by Gasteiger charge is -2.14. The number of benzene rings is 1. The van der Waals surface area contributed by atoms with Crippen molar-refractivity contribution in [2.24, 2.45) is 10.9 Å². The molecule has 1 aromatic rings. The Morgan fingerprint density at radius 2 is 2.30 bits per heavy atom. The van der Waals surface area contributed by atoms with E-state index in [1.54, 1.807) is 14.0 Å². The molecular formula is C12H17N3O5. The first-order chi connectivity index (χ1) is 9.49. The highest BCUT2D eigenvalue weighted by Crippen LogP contribution is 2.29. The second-order valence-corrected chi connectivity index (χ2v) is 4.13. The van der Waals surface area contributed by atoms with Crippen molar-refractivity contribution in [1.82, 2.24) is 0 Å². The molecule has 0 heterocycles. The molecule has 0 saturated heterocycles. The number of nitrogens with zero attached hydrogens (tertiary/aromatic N) is 2. The largest absolute Gasteiger partial charge is 0.484 e. The van der Waals surface area contributed by atoms with Crippen LogP contribution in [-0.4, -0.2) is 35.8 Å². The molecule has 0 saturated carbocycles. The van der Waals surface area contributed by atoms with Gasteiger partial charge in [0, 0.05) is 31.8 Å². The van der Waals surface area contributed by atoms with Gasteiger partial charge in [0.25, 0.3) is 0 Å². The maximum atomic E-state index is 11.0. The summed E-state index contributed by atoms with van der Waals surface area (Å²) in [4.78, 5) is 10.5. The maximum Gasteiger partial charge on any atom is 0.311 e. The predicted molar refractivity (Wildman–Crippen MR) is 72.2 cm³/mol. The highest BCUT2D eigenvalue weighted by atomic mass is 16.6. The van der Waals surface area contributed by atoms with E-state index in [0.29, 0.717) is 13.0 Å². The number of nitrogens with two attached hydrogens (primary N) is 1. The minimum Gasteiger partial charge on any atom is -0.484 e. The molecule has 1 rings (SSSR count). The molecule has 8 nitrogen and oxygen atoms in total. The standard InChI is InChI=1S/C12H17N3O5/c1-8(5-6-19-2)20-11-4-3-9(12(13)14-16)7-10(11)15(17)18/h3-4,7-8,16H,5-6H2,1-2H3,(H2,13,14). The average Bonchev–Trinajstić information content (AvgIpc) is 2.44. The number of amidine groups is 1. The number of hydrogen-bond donors (Lipinski definition) is 2. The molecule has 8 heteroatoms. The molecule has 0 aliphatic heterocycles. The summed E-state index contributed by atoms with van der Waals surface area (Å²) in [6.45, 7) is 2.29. The molecular weight excluding hydrogens is 266 g/mol. The van der Waals surface area contributed by atoms with Crippen LogP contribution in [0.3, 0.4) is 0 Å². The minimum atomic E-state index is -0.577. The molecule has 0 spiro atoms. The van der Waals surface area contributed by atoms with Gasteiger partial charge in [0.05, 0.1) is 11.0 Å². The fourth-order valence-electron chi connectivity index (χ4n) is 1.54. The molecule has 3 N–H and O–H groups in total. The third-order valence-corrected chi connectivity index (χ3v) is 2.62. The highest BCUT2D eigenvalue weighted by Gasteiger charge is 2.19. The van der Waals surface area contributed by atoms with Crippen molar-refractivity contribution in [3.05, 3.63) is 33.9 Å². The summed E-state index contributed by atoms with van der Waals surface area (Å²) in [6, 6.07) is 4.11. The fraction of sp³-hybridized carbons (Fsp3) is 0.417. The number of oxime groups is 1. The van der Waals surface area contributed by atoms with Crippen LogP contribution in [0.4, 0.5) is 5.69 Å². The van der Waals surface area contributed by atoms with E-state index in [4.69, 9.17) is 20.4 Å². The van der Waals surface area contributed by atoms with Crippen molar-refractivity contribution in [2.45, 2.75) is 19.4 Å². The monoisotopic (exact) mass is 283 g/mol. The number of hydrogen-bond acceptors (Lipinski definition) is 6. The normalized spacial score (nSPS) is 13.0. The third-order valence-electron chi connectivity index (χ3n) is 2.62. The number of nitro benzene ring substituents is 1. The lowest BCUT2D eigenvalue weighted by molar-refractivity contribution is -0.386. The first kappa shape index (κ1) is 15.7. The Labute approximate surface area is 115 Å². The van der Waals surface area contributed by atoms with Gasteiger partial charge in [-0.2, -0.15) is 0 Å². The lowest BCUT2D eigenvalue weighted by Crippen LogP contribution is -2.16.